The van der Waals surface area contributed by atoms with Crippen LogP contribution in [-0.2, 0) is 16.4 Å². The smallest absolute Gasteiger partial charge is 0.268 e. The maximum atomic E-state index is 14.4. The van der Waals surface area contributed by atoms with E-state index < -0.39 is 27.4 Å². The summed E-state index contributed by atoms with van der Waals surface area (Å²) in [4.78, 5) is 14.4. The number of benzene rings is 5. The molecule has 0 atom stereocenters. The van der Waals surface area contributed by atoms with Crippen molar-refractivity contribution in [2.45, 2.75) is 18.2 Å². The summed E-state index contributed by atoms with van der Waals surface area (Å²) in [7, 11) is -4.29. The third-order valence-electron chi connectivity index (χ3n) is 8.45. The molecule has 51 heavy (non-hydrogen) atoms. The Bertz CT molecular complexity index is 2640. The van der Waals surface area contributed by atoms with Gasteiger partial charge in [0, 0.05) is 5.39 Å². The minimum atomic E-state index is -4.29. The van der Waals surface area contributed by atoms with E-state index in [1.165, 1.54) is 41.2 Å². The molecule has 2 heterocycles. The van der Waals surface area contributed by atoms with Crippen molar-refractivity contribution in [2.75, 3.05) is 5.73 Å². The molecule has 0 aliphatic rings. The number of ketones is 1. The first-order chi connectivity index (χ1) is 24.6. The van der Waals surface area contributed by atoms with E-state index in [0.717, 1.165) is 21.2 Å². The highest BCUT2D eigenvalue weighted by Crippen LogP contribution is 2.33. The van der Waals surface area contributed by atoms with Crippen LogP contribution in [0.2, 0.25) is 0 Å². The molecule has 2 N–H and O–H groups in total. The second-order valence-corrected chi connectivity index (χ2v) is 13.5. The molecule has 0 unspecified atom stereocenters. The van der Waals surface area contributed by atoms with Gasteiger partial charge in [-0.3, -0.25) is 4.79 Å². The number of ether oxygens (including phenoxy) is 1. The summed E-state index contributed by atoms with van der Waals surface area (Å²) in [6.07, 6.45) is 1.65. The molecule has 0 bridgehead atoms. The van der Waals surface area contributed by atoms with Gasteiger partial charge in [0.1, 0.15) is 17.3 Å². The Labute approximate surface area is 291 Å². The molecule has 0 radical (unpaired) electrons. The number of anilines is 1. The second kappa shape index (κ2) is 13.0. The van der Waals surface area contributed by atoms with Gasteiger partial charge in [0.25, 0.3) is 10.0 Å². The number of aromatic nitrogens is 3. The number of fused-ring (bicyclic) bond motifs is 1. The third-order valence-corrected chi connectivity index (χ3v) is 10.2. The van der Waals surface area contributed by atoms with Crippen LogP contribution in [0.4, 0.5) is 14.6 Å². The summed E-state index contributed by atoms with van der Waals surface area (Å²) in [5.41, 5.74) is 9.79. The standard InChI is InChI=1S/C39H27F2N5O4S/c1-24-18-28(50-36-15-7-13-32(40)37(36)41)16-17-33(24)45-39(43)31(23-44-45)38(47)35-21-30-27(20-25-8-5-9-26(19-25)22-42)10-6-14-34(30)46(35)51(48,49)29-11-3-2-4-12-29/h2-19,21,23H,20,43H2,1H3. The highest BCUT2D eigenvalue weighted by molar-refractivity contribution is 7.90. The van der Waals surface area contributed by atoms with Gasteiger partial charge < -0.3 is 10.5 Å². The van der Waals surface area contributed by atoms with Crippen molar-refractivity contribution in [3.05, 3.63) is 167 Å². The Morgan fingerprint density at radius 2 is 1.69 bits per heavy atom. The van der Waals surface area contributed by atoms with Crippen LogP contribution in [0.5, 0.6) is 11.5 Å². The number of hydrogen-bond acceptors (Lipinski definition) is 7. The molecular weight excluding hydrogens is 673 g/mol. The Morgan fingerprint density at radius 3 is 2.45 bits per heavy atom. The first-order valence-corrected chi connectivity index (χ1v) is 17.0. The number of nitrogen functional groups attached to an aromatic ring is 1. The topological polar surface area (TPSA) is 133 Å². The molecule has 0 saturated heterocycles. The zero-order valence-corrected chi connectivity index (χ0v) is 27.7. The fourth-order valence-electron chi connectivity index (χ4n) is 5.99. The lowest BCUT2D eigenvalue weighted by Crippen LogP contribution is -2.19. The van der Waals surface area contributed by atoms with E-state index >= 15 is 0 Å². The minimum Gasteiger partial charge on any atom is -0.454 e. The quantitative estimate of drug-likeness (QED) is 0.153. The van der Waals surface area contributed by atoms with E-state index in [1.807, 2.05) is 12.1 Å². The summed E-state index contributed by atoms with van der Waals surface area (Å²) in [5.74, 6) is -2.94. The molecule has 9 nitrogen and oxygen atoms in total. The van der Waals surface area contributed by atoms with E-state index in [2.05, 4.69) is 11.2 Å². The molecule has 0 amide bonds. The van der Waals surface area contributed by atoms with Crippen LogP contribution in [0.25, 0.3) is 16.6 Å². The Balaban J connectivity index is 1.31. The molecule has 0 spiro atoms. The molecule has 5 aromatic carbocycles. The lowest BCUT2D eigenvalue weighted by molar-refractivity contribution is 0.103. The third kappa shape index (κ3) is 6.00. The summed E-state index contributed by atoms with van der Waals surface area (Å²) in [5, 5.41) is 14.3. The number of halogens is 2. The van der Waals surface area contributed by atoms with Gasteiger partial charge in [-0.25, -0.2) is 21.5 Å². The molecule has 12 heteroatoms. The first-order valence-electron chi connectivity index (χ1n) is 15.6. The van der Waals surface area contributed by atoms with Gasteiger partial charge in [0.15, 0.2) is 11.6 Å². The van der Waals surface area contributed by atoms with Crippen molar-refractivity contribution >= 4 is 32.5 Å². The number of hydrogen-bond donors (Lipinski definition) is 1. The minimum absolute atomic E-state index is 0.0107. The molecule has 252 valence electrons. The van der Waals surface area contributed by atoms with Gasteiger partial charge in [-0.1, -0.05) is 48.5 Å². The van der Waals surface area contributed by atoms with Crippen molar-refractivity contribution in [2.24, 2.45) is 0 Å². The van der Waals surface area contributed by atoms with Gasteiger partial charge in [0.05, 0.1) is 39.5 Å². The zero-order chi connectivity index (χ0) is 35.9. The Kier molecular flexibility index (Phi) is 8.42. The number of nitrogens with two attached hydrogens (primary N) is 1. The number of aryl methyl sites for hydroxylation is 1. The summed E-state index contributed by atoms with van der Waals surface area (Å²) < 4.78 is 64.3. The zero-order valence-electron chi connectivity index (χ0n) is 26.9. The van der Waals surface area contributed by atoms with Crippen molar-refractivity contribution in [3.63, 3.8) is 0 Å². The average Bonchev–Trinajstić information content (AvgIpc) is 3.72. The highest BCUT2D eigenvalue weighted by Gasteiger charge is 2.30. The van der Waals surface area contributed by atoms with Gasteiger partial charge in [-0.15, -0.1) is 0 Å². The number of nitrogens with zero attached hydrogens (tertiary/aromatic N) is 4. The average molecular weight is 700 g/mol. The normalized spacial score (nSPS) is 11.4. The van der Waals surface area contributed by atoms with Crippen molar-refractivity contribution in [1.29, 1.82) is 5.26 Å². The van der Waals surface area contributed by atoms with Crippen molar-refractivity contribution in [3.8, 4) is 23.3 Å². The van der Waals surface area contributed by atoms with Crippen LogP contribution in [0.15, 0.2) is 126 Å². The first kappa shape index (κ1) is 32.9. The van der Waals surface area contributed by atoms with Crippen LogP contribution >= 0.6 is 0 Å². The number of carbonyl (C=O) groups excluding carboxylic acids is 1. The SMILES string of the molecule is Cc1cc(Oc2cccc(F)c2F)ccc1-n1ncc(C(=O)c2cc3c(Cc4cccc(C#N)c4)cccc3n2S(=O)(=O)c2ccccc2)c1N. The van der Waals surface area contributed by atoms with Crippen molar-refractivity contribution in [1.82, 2.24) is 13.8 Å². The second-order valence-electron chi connectivity index (χ2n) is 11.7. The molecule has 0 aliphatic carbocycles. The van der Waals surface area contributed by atoms with E-state index in [4.69, 9.17) is 10.5 Å². The monoisotopic (exact) mass is 699 g/mol. The molecule has 0 aliphatic heterocycles. The van der Waals surface area contributed by atoms with Gasteiger partial charge >= 0.3 is 0 Å². The maximum Gasteiger partial charge on any atom is 0.268 e. The van der Waals surface area contributed by atoms with Gasteiger partial charge in [-0.2, -0.15) is 14.8 Å². The molecular formula is C39H27F2N5O4S. The molecule has 0 saturated carbocycles. The number of carbonyl (C=O) groups is 1. The largest absolute Gasteiger partial charge is 0.454 e. The highest BCUT2D eigenvalue weighted by atomic mass is 32.2. The van der Waals surface area contributed by atoms with Crippen LogP contribution in [0.3, 0.4) is 0 Å². The summed E-state index contributed by atoms with van der Waals surface area (Å²) in [6.45, 7) is 1.73. The molecule has 7 rings (SSSR count). The lowest BCUT2D eigenvalue weighted by atomic mass is 10.00. The van der Waals surface area contributed by atoms with Crippen LogP contribution in [0, 0.1) is 29.9 Å². The molecule has 7 aromatic rings. The fourth-order valence-corrected chi connectivity index (χ4v) is 7.51. The predicted octanol–water partition coefficient (Wildman–Crippen LogP) is 7.72. The van der Waals surface area contributed by atoms with E-state index in [-0.39, 0.29) is 33.5 Å². The van der Waals surface area contributed by atoms with Crippen LogP contribution < -0.4 is 10.5 Å². The van der Waals surface area contributed by atoms with E-state index in [9.17, 15) is 27.3 Å². The summed E-state index contributed by atoms with van der Waals surface area (Å²) >= 11 is 0. The predicted molar refractivity (Wildman–Crippen MR) is 188 cm³/mol. The Morgan fingerprint density at radius 1 is 0.922 bits per heavy atom. The van der Waals surface area contributed by atoms with Crippen LogP contribution in [0.1, 0.15) is 38.3 Å². The van der Waals surface area contributed by atoms with E-state index in [1.54, 1.807) is 73.7 Å². The number of rotatable bonds is 9. The number of nitriles is 1. The van der Waals surface area contributed by atoms with Crippen LogP contribution in [-0.4, -0.2) is 28.0 Å². The Hall–Kier alpha value is -6.58. The fraction of sp³-hybridized carbons (Fsp3) is 0.0513. The van der Waals surface area contributed by atoms with E-state index in [0.29, 0.717) is 34.1 Å². The molecule has 0 fully saturated rings. The maximum absolute atomic E-state index is 14.4. The lowest BCUT2D eigenvalue weighted by Gasteiger charge is -2.13. The summed E-state index contributed by atoms with van der Waals surface area (Å²) in [6, 6.07) is 32.1. The van der Waals surface area contributed by atoms with Gasteiger partial charge in [-0.05, 0) is 96.8 Å². The van der Waals surface area contributed by atoms with Crippen molar-refractivity contribution < 1.29 is 26.7 Å². The van der Waals surface area contributed by atoms with Gasteiger partial charge in [0.2, 0.25) is 11.6 Å². The molecule has 2 aromatic heterocycles.